The van der Waals surface area contributed by atoms with E-state index in [-0.39, 0.29) is 6.10 Å². The number of fused-ring (bicyclic) bond motifs is 1. The summed E-state index contributed by atoms with van der Waals surface area (Å²) in [5.74, 6) is 0.792. The number of hydrogen-bond donors (Lipinski definition) is 1. The first-order chi connectivity index (χ1) is 8.24. The van der Waals surface area contributed by atoms with E-state index in [9.17, 15) is 5.11 Å². The highest BCUT2D eigenvalue weighted by Gasteiger charge is 2.28. The molecule has 2 heterocycles. The first kappa shape index (κ1) is 11.3. The maximum Gasteiger partial charge on any atom is 0.136 e. The maximum atomic E-state index is 10.1. The number of para-hydroxylation sites is 1. The van der Waals surface area contributed by atoms with E-state index in [0.29, 0.717) is 6.42 Å². The van der Waals surface area contributed by atoms with Crippen LogP contribution in [0.15, 0.2) is 40.2 Å². The van der Waals surface area contributed by atoms with Crippen molar-refractivity contribution < 1.29 is 9.84 Å². The van der Waals surface area contributed by atoms with Crippen LogP contribution in [-0.2, 0) is 0 Å². The van der Waals surface area contributed by atoms with Crippen LogP contribution in [0.4, 0.5) is 0 Å². The fraction of sp³-hybridized carbons (Fsp3) is 0.231. The molecule has 0 aliphatic carbocycles. The third kappa shape index (κ3) is 2.12. The monoisotopic (exact) mass is 310 g/mol. The van der Waals surface area contributed by atoms with E-state index in [1.807, 2.05) is 29.6 Å². The molecule has 0 radical (unpaired) electrons. The van der Waals surface area contributed by atoms with Gasteiger partial charge in [-0.1, -0.05) is 18.2 Å². The van der Waals surface area contributed by atoms with Gasteiger partial charge in [0.05, 0.1) is 6.10 Å². The first-order valence-corrected chi connectivity index (χ1v) is 7.09. The van der Waals surface area contributed by atoms with Gasteiger partial charge >= 0.3 is 0 Å². The molecule has 1 aliphatic heterocycles. The second-order valence-corrected chi connectivity index (χ2v) is 5.92. The van der Waals surface area contributed by atoms with Crippen LogP contribution in [0.2, 0.25) is 0 Å². The van der Waals surface area contributed by atoms with Gasteiger partial charge in [-0.15, -0.1) is 11.3 Å². The Balaban J connectivity index is 1.93. The molecule has 2 atom stereocenters. The van der Waals surface area contributed by atoms with E-state index in [4.69, 9.17) is 4.74 Å². The number of hydrogen-bond acceptors (Lipinski definition) is 3. The zero-order chi connectivity index (χ0) is 11.8. The highest BCUT2D eigenvalue weighted by atomic mass is 79.9. The molecule has 0 spiro atoms. The summed E-state index contributed by atoms with van der Waals surface area (Å²) in [4.78, 5) is 1.14. The average molecular weight is 311 g/mol. The van der Waals surface area contributed by atoms with E-state index < -0.39 is 6.10 Å². The minimum atomic E-state index is -0.439. The molecule has 0 fully saturated rings. The molecule has 0 amide bonds. The lowest BCUT2D eigenvalue weighted by molar-refractivity contribution is 0.0674. The Hall–Kier alpha value is -0.840. The van der Waals surface area contributed by atoms with Crippen LogP contribution in [0.25, 0.3) is 0 Å². The van der Waals surface area contributed by atoms with E-state index in [0.717, 1.165) is 20.7 Å². The summed E-state index contributed by atoms with van der Waals surface area (Å²) in [6.07, 6.45) is 0.131. The molecule has 4 heteroatoms. The quantitative estimate of drug-likeness (QED) is 0.860. The van der Waals surface area contributed by atoms with Gasteiger partial charge in [-0.05, 0) is 28.1 Å². The summed E-state index contributed by atoms with van der Waals surface area (Å²) in [6, 6.07) is 9.73. The first-order valence-electron chi connectivity index (χ1n) is 5.41. The van der Waals surface area contributed by atoms with Gasteiger partial charge in [-0.3, -0.25) is 0 Å². The molecule has 2 nitrogen and oxygen atoms in total. The highest BCUT2D eigenvalue weighted by molar-refractivity contribution is 9.10. The summed E-state index contributed by atoms with van der Waals surface area (Å²) >= 11 is 5.09. The molecule has 0 bridgehead atoms. The van der Waals surface area contributed by atoms with Crippen LogP contribution in [-0.4, -0.2) is 5.11 Å². The van der Waals surface area contributed by atoms with Crippen molar-refractivity contribution in [3.63, 3.8) is 0 Å². The number of halogens is 1. The van der Waals surface area contributed by atoms with Crippen molar-refractivity contribution in [2.75, 3.05) is 0 Å². The van der Waals surface area contributed by atoms with Gasteiger partial charge in [0.25, 0.3) is 0 Å². The Morgan fingerprint density at radius 3 is 2.94 bits per heavy atom. The predicted molar refractivity (Wildman–Crippen MR) is 71.4 cm³/mol. The van der Waals surface area contributed by atoms with Crippen LogP contribution in [0, 0.1) is 0 Å². The average Bonchev–Trinajstić information content (AvgIpc) is 2.76. The lowest BCUT2D eigenvalue weighted by Crippen LogP contribution is -2.18. The Bertz CT molecular complexity index is 538. The zero-order valence-electron chi connectivity index (χ0n) is 8.97. The Kier molecular flexibility index (Phi) is 2.94. The Morgan fingerprint density at radius 2 is 2.18 bits per heavy atom. The normalized spacial score (nSPS) is 22.9. The molecule has 1 N–H and O–H groups in total. The van der Waals surface area contributed by atoms with Gasteiger partial charge in [-0.25, -0.2) is 0 Å². The van der Waals surface area contributed by atoms with E-state index in [1.165, 1.54) is 0 Å². The van der Waals surface area contributed by atoms with Gasteiger partial charge in [0, 0.05) is 26.7 Å². The minimum Gasteiger partial charge on any atom is -0.484 e. The van der Waals surface area contributed by atoms with Gasteiger partial charge in [0.2, 0.25) is 0 Å². The van der Waals surface area contributed by atoms with Crippen LogP contribution in [0.5, 0.6) is 5.75 Å². The predicted octanol–water partition coefficient (Wildman–Crippen LogP) is 4.07. The van der Waals surface area contributed by atoms with Crippen LogP contribution < -0.4 is 4.74 Å². The molecule has 1 aromatic carbocycles. The fourth-order valence-corrected chi connectivity index (χ4v) is 3.55. The highest BCUT2D eigenvalue weighted by Crippen LogP contribution is 2.42. The molecular formula is C13H11BrO2S. The number of aliphatic hydroxyl groups is 1. The number of ether oxygens (including phenoxy) is 1. The van der Waals surface area contributed by atoms with E-state index in [1.54, 1.807) is 11.3 Å². The van der Waals surface area contributed by atoms with Gasteiger partial charge in [0.1, 0.15) is 11.9 Å². The summed E-state index contributed by atoms with van der Waals surface area (Å²) in [5.41, 5.74) is 0.888. The number of benzene rings is 1. The molecule has 1 unspecified atom stereocenters. The standard InChI is InChI=1S/C13H11BrO2S/c14-8-5-13(17-7-8)12-6-10(15)9-3-1-2-4-11(9)16-12/h1-5,7,10,12,15H,6H2/t10-,12?/m1/s1. The smallest absolute Gasteiger partial charge is 0.136 e. The van der Waals surface area contributed by atoms with Crippen molar-refractivity contribution in [1.29, 1.82) is 0 Å². The van der Waals surface area contributed by atoms with Crippen molar-refractivity contribution in [2.24, 2.45) is 0 Å². The molecule has 0 saturated carbocycles. The van der Waals surface area contributed by atoms with Crippen molar-refractivity contribution in [3.8, 4) is 5.75 Å². The molecule has 1 aromatic heterocycles. The summed E-state index contributed by atoms with van der Waals surface area (Å²) < 4.78 is 7.00. The van der Waals surface area contributed by atoms with Gasteiger partial charge < -0.3 is 9.84 Å². The van der Waals surface area contributed by atoms with Gasteiger partial charge in [-0.2, -0.15) is 0 Å². The molecule has 1 aliphatic rings. The van der Waals surface area contributed by atoms with Crippen molar-refractivity contribution in [2.45, 2.75) is 18.6 Å². The molecule has 0 saturated heterocycles. The second-order valence-electron chi connectivity index (χ2n) is 4.06. The zero-order valence-corrected chi connectivity index (χ0v) is 11.4. The Morgan fingerprint density at radius 1 is 1.35 bits per heavy atom. The minimum absolute atomic E-state index is 0.0452. The molecule has 88 valence electrons. The van der Waals surface area contributed by atoms with Crippen LogP contribution in [0.1, 0.15) is 29.1 Å². The summed E-state index contributed by atoms with van der Waals surface area (Å²) in [5, 5.41) is 12.1. The number of aliphatic hydroxyl groups excluding tert-OH is 1. The number of thiophene rings is 1. The van der Waals surface area contributed by atoms with Crippen LogP contribution >= 0.6 is 27.3 Å². The molecule has 17 heavy (non-hydrogen) atoms. The third-order valence-electron chi connectivity index (χ3n) is 2.89. The van der Waals surface area contributed by atoms with E-state index >= 15 is 0 Å². The third-order valence-corrected chi connectivity index (χ3v) is 4.68. The largest absolute Gasteiger partial charge is 0.484 e. The SMILES string of the molecule is O[C@@H]1CC(c2cc(Br)cs2)Oc2ccccc21. The molecule has 2 aromatic rings. The molecular weight excluding hydrogens is 300 g/mol. The molecule has 3 rings (SSSR count). The van der Waals surface area contributed by atoms with Crippen LogP contribution in [0.3, 0.4) is 0 Å². The number of rotatable bonds is 1. The van der Waals surface area contributed by atoms with Crippen molar-refractivity contribution in [1.82, 2.24) is 0 Å². The lowest BCUT2D eigenvalue weighted by atomic mass is 9.98. The summed E-state index contributed by atoms with van der Waals surface area (Å²) in [6.45, 7) is 0. The Labute approximate surface area is 112 Å². The van der Waals surface area contributed by atoms with Gasteiger partial charge in [0.15, 0.2) is 0 Å². The van der Waals surface area contributed by atoms with E-state index in [2.05, 4.69) is 22.0 Å². The van der Waals surface area contributed by atoms with Crippen molar-refractivity contribution >= 4 is 27.3 Å². The maximum absolute atomic E-state index is 10.1. The summed E-state index contributed by atoms with van der Waals surface area (Å²) in [7, 11) is 0. The lowest BCUT2D eigenvalue weighted by Gasteiger charge is -2.28. The second kappa shape index (κ2) is 4.44. The fourth-order valence-electron chi connectivity index (χ4n) is 2.07. The topological polar surface area (TPSA) is 29.5 Å². The van der Waals surface area contributed by atoms with Crippen molar-refractivity contribution in [3.05, 3.63) is 50.6 Å².